The Kier molecular flexibility index (Phi) is 10.7. The van der Waals surface area contributed by atoms with Crippen molar-refractivity contribution in [3.63, 3.8) is 0 Å². The van der Waals surface area contributed by atoms with Gasteiger partial charge >= 0.3 is 0 Å². The van der Waals surface area contributed by atoms with E-state index in [-0.39, 0.29) is 24.5 Å². The van der Waals surface area contributed by atoms with Gasteiger partial charge < -0.3 is 25.4 Å². The topological polar surface area (TPSA) is 131 Å². The first-order valence-electron chi connectivity index (χ1n) is 13.4. The lowest BCUT2D eigenvalue weighted by molar-refractivity contribution is -0.383. The first-order chi connectivity index (χ1) is 19.9. The molecular weight excluding hydrogens is 522 g/mol. The van der Waals surface area contributed by atoms with Crippen LogP contribution in [0.1, 0.15) is 23.1 Å². The largest absolute Gasteiger partial charge is 0.491 e. The van der Waals surface area contributed by atoms with Gasteiger partial charge in [0.15, 0.2) is 0 Å². The van der Waals surface area contributed by atoms with Crippen LogP contribution in [-0.4, -0.2) is 45.5 Å². The molecule has 0 fully saturated rings. The molecule has 4 rings (SSSR count). The normalized spacial score (nSPS) is 12.6. The standard InChI is InChI=1S/C32H35N3O6/c33-30-19-29(16-17-31(30)35(38)39)41-23-27(36)21-34(20-25-7-3-1-4-8-25)32(37)18-13-24-11-14-28(15-12-24)40-22-26-9-5-2-6-10-26/h1-12,14-17,19,27,32,36-37H,13,18,20-23,33H2/t27?,32-/m0/s1. The molecule has 4 N–H and O–H groups in total. The molecule has 2 atom stereocenters. The van der Waals surface area contributed by atoms with Crippen LogP contribution in [0.3, 0.4) is 0 Å². The molecule has 0 saturated carbocycles. The van der Waals surface area contributed by atoms with E-state index >= 15 is 0 Å². The highest BCUT2D eigenvalue weighted by molar-refractivity contribution is 5.60. The molecule has 0 saturated heterocycles. The number of nitro groups is 1. The van der Waals surface area contributed by atoms with Gasteiger partial charge in [0, 0.05) is 25.2 Å². The van der Waals surface area contributed by atoms with E-state index in [1.54, 1.807) is 0 Å². The quantitative estimate of drug-likeness (QED) is 0.0810. The van der Waals surface area contributed by atoms with E-state index in [9.17, 15) is 20.3 Å². The summed E-state index contributed by atoms with van der Waals surface area (Å²) < 4.78 is 11.5. The molecule has 0 radical (unpaired) electrons. The van der Waals surface area contributed by atoms with Crippen LogP contribution >= 0.6 is 0 Å². The second-order valence-corrected chi connectivity index (χ2v) is 9.80. The van der Waals surface area contributed by atoms with Gasteiger partial charge in [-0.3, -0.25) is 15.0 Å². The molecule has 0 bridgehead atoms. The van der Waals surface area contributed by atoms with Crippen molar-refractivity contribution in [1.82, 2.24) is 4.90 Å². The van der Waals surface area contributed by atoms with Crippen molar-refractivity contribution in [3.8, 4) is 11.5 Å². The Balaban J connectivity index is 1.31. The van der Waals surface area contributed by atoms with Gasteiger partial charge in [-0.25, -0.2) is 0 Å². The molecule has 1 unspecified atom stereocenters. The van der Waals surface area contributed by atoms with Crippen LogP contribution < -0.4 is 15.2 Å². The Morgan fingerprint density at radius 3 is 2.07 bits per heavy atom. The van der Waals surface area contributed by atoms with Gasteiger partial charge in [-0.05, 0) is 47.7 Å². The molecular formula is C32H35N3O6. The fraction of sp³-hybridized carbons (Fsp3) is 0.250. The zero-order valence-electron chi connectivity index (χ0n) is 22.7. The first-order valence-corrected chi connectivity index (χ1v) is 13.4. The lowest BCUT2D eigenvalue weighted by atomic mass is 10.1. The average molecular weight is 558 g/mol. The summed E-state index contributed by atoms with van der Waals surface area (Å²) >= 11 is 0. The number of aliphatic hydroxyl groups is 2. The number of benzene rings is 4. The molecule has 0 aromatic heterocycles. The number of anilines is 1. The summed E-state index contributed by atoms with van der Waals surface area (Å²) in [6.45, 7) is 1.03. The maximum atomic E-state index is 11.1. The number of aryl methyl sites for hydroxylation is 1. The zero-order chi connectivity index (χ0) is 29.0. The molecule has 0 amide bonds. The third-order valence-electron chi connectivity index (χ3n) is 6.60. The highest BCUT2D eigenvalue weighted by atomic mass is 16.6. The summed E-state index contributed by atoms with van der Waals surface area (Å²) in [5.41, 5.74) is 8.68. The Morgan fingerprint density at radius 1 is 0.805 bits per heavy atom. The SMILES string of the molecule is Nc1cc(OCC(O)CN(Cc2ccccc2)[C@@H](O)CCc2ccc(OCc3ccccc3)cc2)ccc1[N+](=O)[O-]. The smallest absolute Gasteiger partial charge is 0.292 e. The van der Waals surface area contributed by atoms with Crippen LogP contribution in [0.25, 0.3) is 0 Å². The summed E-state index contributed by atoms with van der Waals surface area (Å²) in [5.74, 6) is 1.10. The van der Waals surface area contributed by atoms with E-state index < -0.39 is 17.3 Å². The second-order valence-electron chi connectivity index (χ2n) is 9.80. The summed E-state index contributed by atoms with van der Waals surface area (Å²) in [5, 5.41) is 32.8. The highest BCUT2D eigenvalue weighted by Crippen LogP contribution is 2.26. The van der Waals surface area contributed by atoms with E-state index in [1.165, 1.54) is 18.2 Å². The Labute approximate surface area is 239 Å². The predicted octanol–water partition coefficient (Wildman–Crippen LogP) is 4.95. The van der Waals surface area contributed by atoms with Crippen molar-refractivity contribution in [1.29, 1.82) is 0 Å². The van der Waals surface area contributed by atoms with Gasteiger partial charge in [0.25, 0.3) is 5.69 Å². The van der Waals surface area contributed by atoms with Crippen molar-refractivity contribution in [2.75, 3.05) is 18.9 Å². The summed E-state index contributed by atoms with van der Waals surface area (Å²) in [4.78, 5) is 12.2. The van der Waals surface area contributed by atoms with E-state index in [2.05, 4.69) is 0 Å². The van der Waals surface area contributed by atoms with Crippen LogP contribution in [0.15, 0.2) is 103 Å². The molecule has 9 heteroatoms. The number of rotatable bonds is 15. The second kappa shape index (κ2) is 14.8. The number of aliphatic hydroxyl groups excluding tert-OH is 2. The van der Waals surface area contributed by atoms with Gasteiger partial charge in [0.2, 0.25) is 0 Å². The Hall–Kier alpha value is -4.44. The molecule has 41 heavy (non-hydrogen) atoms. The third-order valence-corrected chi connectivity index (χ3v) is 6.60. The summed E-state index contributed by atoms with van der Waals surface area (Å²) in [6.07, 6.45) is -0.636. The molecule has 0 spiro atoms. The maximum absolute atomic E-state index is 11.1. The van der Waals surface area contributed by atoms with E-state index in [0.717, 1.165) is 22.4 Å². The molecule has 9 nitrogen and oxygen atoms in total. The minimum atomic E-state index is -0.925. The molecule has 214 valence electrons. The Morgan fingerprint density at radius 2 is 1.44 bits per heavy atom. The maximum Gasteiger partial charge on any atom is 0.292 e. The number of hydrogen-bond donors (Lipinski definition) is 3. The van der Waals surface area contributed by atoms with Crippen LogP contribution in [0.4, 0.5) is 11.4 Å². The number of nitrogens with zero attached hydrogens (tertiary/aromatic N) is 2. The van der Waals surface area contributed by atoms with Gasteiger partial charge in [0.05, 0.1) is 4.92 Å². The third kappa shape index (κ3) is 9.32. The van der Waals surface area contributed by atoms with Gasteiger partial charge in [-0.2, -0.15) is 0 Å². The number of hydrogen-bond acceptors (Lipinski definition) is 8. The number of nitrogen functional groups attached to an aromatic ring is 1. The molecule has 0 aliphatic heterocycles. The highest BCUT2D eigenvalue weighted by Gasteiger charge is 2.21. The minimum Gasteiger partial charge on any atom is -0.491 e. The van der Waals surface area contributed by atoms with Crippen molar-refractivity contribution in [3.05, 3.63) is 130 Å². The number of ether oxygens (including phenoxy) is 2. The number of nitrogens with two attached hydrogens (primary N) is 1. The fourth-order valence-corrected chi connectivity index (χ4v) is 4.39. The lowest BCUT2D eigenvalue weighted by Gasteiger charge is -2.30. The molecule has 4 aromatic rings. The van der Waals surface area contributed by atoms with Gasteiger partial charge in [-0.15, -0.1) is 0 Å². The van der Waals surface area contributed by atoms with Crippen LogP contribution in [0, 0.1) is 10.1 Å². The van der Waals surface area contributed by atoms with Crippen LogP contribution in [-0.2, 0) is 19.6 Å². The molecule has 0 aliphatic rings. The molecule has 0 aliphatic carbocycles. The Bertz CT molecular complexity index is 1370. The van der Waals surface area contributed by atoms with Gasteiger partial charge in [0.1, 0.15) is 42.7 Å². The fourth-order valence-electron chi connectivity index (χ4n) is 4.39. The summed E-state index contributed by atoms with van der Waals surface area (Å²) in [7, 11) is 0. The van der Waals surface area contributed by atoms with E-state index in [4.69, 9.17) is 15.2 Å². The van der Waals surface area contributed by atoms with Crippen molar-refractivity contribution in [2.45, 2.75) is 38.3 Å². The van der Waals surface area contributed by atoms with Gasteiger partial charge in [-0.1, -0.05) is 72.8 Å². The first kappa shape index (κ1) is 29.5. The van der Waals surface area contributed by atoms with Crippen molar-refractivity contribution in [2.24, 2.45) is 0 Å². The monoisotopic (exact) mass is 557 g/mol. The number of nitro benzene ring substituents is 1. The molecule has 0 heterocycles. The zero-order valence-corrected chi connectivity index (χ0v) is 22.7. The minimum absolute atomic E-state index is 0.0149. The lowest BCUT2D eigenvalue weighted by Crippen LogP contribution is -2.42. The van der Waals surface area contributed by atoms with Crippen LogP contribution in [0.5, 0.6) is 11.5 Å². The predicted molar refractivity (Wildman–Crippen MR) is 157 cm³/mol. The van der Waals surface area contributed by atoms with Crippen molar-refractivity contribution < 1.29 is 24.6 Å². The van der Waals surface area contributed by atoms with Crippen molar-refractivity contribution >= 4 is 11.4 Å². The van der Waals surface area contributed by atoms with E-state index in [0.29, 0.717) is 31.7 Å². The van der Waals surface area contributed by atoms with Crippen LogP contribution in [0.2, 0.25) is 0 Å². The average Bonchev–Trinajstić information content (AvgIpc) is 2.99. The summed E-state index contributed by atoms with van der Waals surface area (Å²) in [6, 6.07) is 31.6. The molecule has 4 aromatic carbocycles. The van der Waals surface area contributed by atoms with E-state index in [1.807, 2.05) is 89.8 Å².